The van der Waals surface area contributed by atoms with Gasteiger partial charge in [0, 0.05) is 25.7 Å². The van der Waals surface area contributed by atoms with Gasteiger partial charge in [-0.25, -0.2) is 0 Å². The van der Waals surface area contributed by atoms with E-state index in [2.05, 4.69) is 0 Å². The molecule has 1 aliphatic carbocycles. The summed E-state index contributed by atoms with van der Waals surface area (Å²) in [6, 6.07) is 0. The van der Waals surface area contributed by atoms with E-state index < -0.39 is 0 Å². The molecule has 8 atom stereocenters. The summed E-state index contributed by atoms with van der Waals surface area (Å²) in [5.74, 6) is 0. The minimum atomic E-state index is 0.454. The minimum absolute atomic E-state index is 0.454. The monoisotopic (exact) mass is 224 g/mol. The number of ether oxygens (including phenoxy) is 4. The molecule has 4 heterocycles. The van der Waals surface area contributed by atoms with Crippen molar-refractivity contribution in [2.75, 3.05) is 0 Å². The first-order valence-electron chi connectivity index (χ1n) is 6.48. The Morgan fingerprint density at radius 2 is 0.562 bits per heavy atom. The molecule has 5 fully saturated rings. The molecule has 16 heavy (non-hydrogen) atoms. The second-order valence-electron chi connectivity index (χ2n) is 5.79. The fourth-order valence-corrected chi connectivity index (χ4v) is 3.29. The van der Waals surface area contributed by atoms with Crippen molar-refractivity contribution in [2.24, 2.45) is 0 Å². The number of hydrogen-bond acceptors (Lipinski definition) is 4. The first-order chi connectivity index (χ1) is 7.87. The molecule has 88 valence electrons. The van der Waals surface area contributed by atoms with E-state index in [1.165, 1.54) is 0 Å². The van der Waals surface area contributed by atoms with E-state index in [1.54, 1.807) is 0 Å². The van der Waals surface area contributed by atoms with Crippen LogP contribution >= 0.6 is 0 Å². The molecule has 4 heteroatoms. The zero-order valence-corrected chi connectivity index (χ0v) is 9.08. The molecule has 0 radical (unpaired) electrons. The van der Waals surface area contributed by atoms with Crippen LogP contribution in [0.4, 0.5) is 0 Å². The number of rotatable bonds is 0. The van der Waals surface area contributed by atoms with Gasteiger partial charge in [-0.2, -0.15) is 0 Å². The van der Waals surface area contributed by atoms with Crippen LogP contribution in [-0.2, 0) is 18.9 Å². The van der Waals surface area contributed by atoms with Gasteiger partial charge in [0.1, 0.15) is 0 Å². The number of epoxide rings is 4. The molecule has 0 aromatic rings. The summed E-state index contributed by atoms with van der Waals surface area (Å²) in [4.78, 5) is 0. The van der Waals surface area contributed by atoms with E-state index in [1.807, 2.05) is 0 Å². The van der Waals surface area contributed by atoms with Gasteiger partial charge in [-0.3, -0.25) is 0 Å². The average molecular weight is 224 g/mol. The highest BCUT2D eigenvalue weighted by Gasteiger charge is 2.57. The van der Waals surface area contributed by atoms with Crippen molar-refractivity contribution < 1.29 is 18.9 Å². The lowest BCUT2D eigenvalue weighted by atomic mass is 10.0. The molecule has 0 aromatic heterocycles. The molecule has 5 rings (SSSR count). The highest BCUT2D eigenvalue weighted by molar-refractivity contribution is 5.04. The summed E-state index contributed by atoms with van der Waals surface area (Å²) < 4.78 is 22.7. The molecule has 0 N–H and O–H groups in total. The molecule has 0 spiro atoms. The summed E-state index contributed by atoms with van der Waals surface area (Å²) in [5.41, 5.74) is 0. The summed E-state index contributed by atoms with van der Waals surface area (Å²) in [5, 5.41) is 0. The van der Waals surface area contributed by atoms with Crippen molar-refractivity contribution in [3.8, 4) is 0 Å². The van der Waals surface area contributed by atoms with Crippen LogP contribution in [0.25, 0.3) is 0 Å². The molecule has 4 nitrogen and oxygen atoms in total. The van der Waals surface area contributed by atoms with E-state index in [4.69, 9.17) is 18.9 Å². The molecule has 1 saturated carbocycles. The Hall–Kier alpha value is -0.160. The highest BCUT2D eigenvalue weighted by Crippen LogP contribution is 2.47. The SMILES string of the molecule is C1[C@@H]2O[C@@H]2C[C@@H]2O[C@@H]2C[C@@H]2O[C@@H]2C[C@H]2O[C@@H]12. The van der Waals surface area contributed by atoms with Crippen LogP contribution in [0.1, 0.15) is 25.7 Å². The Morgan fingerprint density at radius 1 is 0.375 bits per heavy atom. The van der Waals surface area contributed by atoms with E-state index >= 15 is 0 Å². The lowest BCUT2D eigenvalue weighted by Gasteiger charge is -1.94. The van der Waals surface area contributed by atoms with Crippen LogP contribution in [-0.4, -0.2) is 48.8 Å². The van der Waals surface area contributed by atoms with Gasteiger partial charge >= 0.3 is 0 Å². The first-order valence-corrected chi connectivity index (χ1v) is 6.48. The molecule has 5 aliphatic rings. The van der Waals surface area contributed by atoms with E-state index in [-0.39, 0.29) is 0 Å². The Labute approximate surface area is 94.2 Å². The van der Waals surface area contributed by atoms with Crippen LogP contribution < -0.4 is 0 Å². The summed E-state index contributed by atoms with van der Waals surface area (Å²) in [6.45, 7) is 0. The fraction of sp³-hybridized carbons (Fsp3) is 1.00. The molecule has 4 aliphatic heterocycles. The topological polar surface area (TPSA) is 50.1 Å². The Morgan fingerprint density at radius 3 is 0.750 bits per heavy atom. The predicted molar refractivity (Wildman–Crippen MR) is 53.1 cm³/mol. The van der Waals surface area contributed by atoms with Gasteiger partial charge in [0.05, 0.1) is 48.8 Å². The van der Waals surface area contributed by atoms with E-state index in [0.717, 1.165) is 25.7 Å². The fourth-order valence-electron chi connectivity index (χ4n) is 3.29. The Kier molecular flexibility index (Phi) is 1.55. The van der Waals surface area contributed by atoms with Gasteiger partial charge in [-0.1, -0.05) is 0 Å². The lowest BCUT2D eigenvalue weighted by Crippen LogP contribution is -2.10. The zero-order chi connectivity index (χ0) is 10.3. The third-order valence-corrected chi connectivity index (χ3v) is 4.61. The van der Waals surface area contributed by atoms with Crippen LogP contribution in [0.2, 0.25) is 0 Å². The summed E-state index contributed by atoms with van der Waals surface area (Å²) in [7, 11) is 0. The number of hydrogen-bond donors (Lipinski definition) is 0. The molecular weight excluding hydrogens is 208 g/mol. The van der Waals surface area contributed by atoms with Crippen molar-refractivity contribution in [3.05, 3.63) is 0 Å². The summed E-state index contributed by atoms with van der Waals surface area (Å²) in [6.07, 6.45) is 7.98. The average Bonchev–Trinajstić information content (AvgIpc) is 3.01. The highest BCUT2D eigenvalue weighted by atomic mass is 16.6. The van der Waals surface area contributed by atoms with E-state index in [0.29, 0.717) is 48.8 Å². The second kappa shape index (κ2) is 2.80. The van der Waals surface area contributed by atoms with Crippen molar-refractivity contribution in [1.29, 1.82) is 0 Å². The third kappa shape index (κ3) is 1.44. The first kappa shape index (κ1) is 8.86. The standard InChI is InChI=1S/C12H16O4/c1-5-7(13-5)2-9-11(15-9)4-12-10(16-12)3-8-6(1)14-8/h5-12H,1-4H2/t5-,6-,7+,8+,9-,10+,11+,12-. The quantitative estimate of drug-likeness (QED) is 0.566. The van der Waals surface area contributed by atoms with Gasteiger partial charge in [0.2, 0.25) is 0 Å². The maximum absolute atomic E-state index is 5.67. The normalized spacial score (nSPS) is 66.0. The van der Waals surface area contributed by atoms with E-state index in [9.17, 15) is 0 Å². The van der Waals surface area contributed by atoms with Crippen molar-refractivity contribution in [1.82, 2.24) is 0 Å². The number of fused-ring (bicyclic) bond motifs is 4. The minimum Gasteiger partial charge on any atom is -0.369 e. The Bertz CT molecular complexity index is 245. The van der Waals surface area contributed by atoms with Gasteiger partial charge in [0.25, 0.3) is 0 Å². The summed E-state index contributed by atoms with van der Waals surface area (Å²) >= 11 is 0. The van der Waals surface area contributed by atoms with Crippen molar-refractivity contribution in [3.63, 3.8) is 0 Å². The third-order valence-electron chi connectivity index (χ3n) is 4.61. The van der Waals surface area contributed by atoms with Gasteiger partial charge in [-0.15, -0.1) is 0 Å². The smallest absolute Gasteiger partial charge is 0.0868 e. The van der Waals surface area contributed by atoms with Crippen LogP contribution in [0.5, 0.6) is 0 Å². The predicted octanol–water partition coefficient (Wildman–Crippen LogP) is 0.630. The molecule has 4 saturated heterocycles. The van der Waals surface area contributed by atoms with Gasteiger partial charge in [-0.05, 0) is 0 Å². The lowest BCUT2D eigenvalue weighted by molar-refractivity contribution is 0.296. The molecule has 0 unspecified atom stereocenters. The molecule has 0 aromatic carbocycles. The van der Waals surface area contributed by atoms with Crippen molar-refractivity contribution >= 4 is 0 Å². The molecule has 0 amide bonds. The van der Waals surface area contributed by atoms with Crippen LogP contribution in [0.15, 0.2) is 0 Å². The van der Waals surface area contributed by atoms with Gasteiger partial charge < -0.3 is 18.9 Å². The van der Waals surface area contributed by atoms with Crippen LogP contribution in [0.3, 0.4) is 0 Å². The molecule has 0 bridgehead atoms. The maximum atomic E-state index is 5.67. The Balaban J connectivity index is 1.30. The van der Waals surface area contributed by atoms with Crippen molar-refractivity contribution in [2.45, 2.75) is 74.5 Å². The maximum Gasteiger partial charge on any atom is 0.0868 e. The molecular formula is C12H16O4. The van der Waals surface area contributed by atoms with Gasteiger partial charge in [0.15, 0.2) is 0 Å². The zero-order valence-electron chi connectivity index (χ0n) is 9.08. The van der Waals surface area contributed by atoms with Crippen LogP contribution in [0, 0.1) is 0 Å². The second-order valence-corrected chi connectivity index (χ2v) is 5.79. The largest absolute Gasteiger partial charge is 0.369 e.